The van der Waals surface area contributed by atoms with Crippen LogP contribution in [0.25, 0.3) is 11.1 Å². The van der Waals surface area contributed by atoms with E-state index < -0.39 is 6.04 Å². The second kappa shape index (κ2) is 11.7. The summed E-state index contributed by atoms with van der Waals surface area (Å²) in [7, 11) is 1.82. The molecule has 3 atom stereocenters. The zero-order chi connectivity index (χ0) is 26.5. The molecule has 1 aliphatic heterocycles. The van der Waals surface area contributed by atoms with Gasteiger partial charge in [-0.1, -0.05) is 38.3 Å². The molecule has 196 valence electrons. The summed E-state index contributed by atoms with van der Waals surface area (Å²) in [5.41, 5.74) is 2.29. The van der Waals surface area contributed by atoms with Gasteiger partial charge in [-0.05, 0) is 43.5 Å². The summed E-state index contributed by atoms with van der Waals surface area (Å²) in [6.07, 6.45) is 6.50. The van der Waals surface area contributed by atoms with Gasteiger partial charge in [-0.3, -0.25) is 9.59 Å². The molecule has 1 N–H and O–H groups in total. The van der Waals surface area contributed by atoms with Crippen molar-refractivity contribution in [1.29, 1.82) is 5.26 Å². The van der Waals surface area contributed by atoms with E-state index in [2.05, 4.69) is 11.1 Å². The number of hydrogen-bond donors (Lipinski definition) is 1. The summed E-state index contributed by atoms with van der Waals surface area (Å²) >= 11 is 0. The molecule has 0 spiro atoms. The van der Waals surface area contributed by atoms with Crippen molar-refractivity contribution in [2.45, 2.75) is 58.1 Å². The third-order valence-electron chi connectivity index (χ3n) is 7.63. The van der Waals surface area contributed by atoms with Crippen molar-refractivity contribution in [2.75, 3.05) is 26.7 Å². The minimum Gasteiger partial charge on any atom is -0.472 e. The van der Waals surface area contributed by atoms with Gasteiger partial charge in [-0.25, -0.2) is 4.98 Å². The number of benzene rings is 1. The van der Waals surface area contributed by atoms with Crippen molar-refractivity contribution in [1.82, 2.24) is 14.8 Å². The first-order valence-electron chi connectivity index (χ1n) is 13.2. The predicted molar refractivity (Wildman–Crippen MR) is 140 cm³/mol. The van der Waals surface area contributed by atoms with Crippen LogP contribution in [0, 0.1) is 23.2 Å². The van der Waals surface area contributed by atoms with Crippen LogP contribution in [0.2, 0.25) is 0 Å². The van der Waals surface area contributed by atoms with E-state index in [0.29, 0.717) is 29.8 Å². The normalized spacial score (nSPS) is 21.2. The lowest BCUT2D eigenvalue weighted by Crippen LogP contribution is -2.51. The fourth-order valence-electron chi connectivity index (χ4n) is 5.27. The molecule has 8 nitrogen and oxygen atoms in total. The zero-order valence-electron chi connectivity index (χ0n) is 21.9. The van der Waals surface area contributed by atoms with Crippen LogP contribution < -0.4 is 4.74 Å². The molecule has 1 aromatic carbocycles. The average molecular weight is 505 g/mol. The van der Waals surface area contributed by atoms with Gasteiger partial charge in [0.2, 0.25) is 11.8 Å². The Hall–Kier alpha value is -3.44. The number of nitrogens with zero attached hydrogens (tertiary/aromatic N) is 4. The molecular weight excluding hydrogens is 468 g/mol. The van der Waals surface area contributed by atoms with Gasteiger partial charge in [-0.2, -0.15) is 5.26 Å². The fourth-order valence-corrected chi connectivity index (χ4v) is 5.27. The van der Waals surface area contributed by atoms with Gasteiger partial charge in [0.1, 0.15) is 11.7 Å². The van der Waals surface area contributed by atoms with Crippen LogP contribution in [0.3, 0.4) is 0 Å². The fraction of sp³-hybridized carbons (Fsp3) is 0.517. The maximum absolute atomic E-state index is 13.7. The molecule has 2 amide bonds. The van der Waals surface area contributed by atoms with E-state index in [-0.39, 0.29) is 42.2 Å². The SMILES string of the molecule is C[C@@H]1CN([C@H](C)CO)C(=O)c2cc(-c3cccc(C#N)c3)cnc2O[C@H]1CN(C)C(=O)C1CCCCC1. The molecule has 1 aliphatic carbocycles. The quantitative estimate of drug-likeness (QED) is 0.640. The highest BCUT2D eigenvalue weighted by Gasteiger charge is 2.35. The van der Waals surface area contributed by atoms with E-state index in [4.69, 9.17) is 4.74 Å². The number of carbonyl (C=O) groups excluding carboxylic acids is 2. The van der Waals surface area contributed by atoms with Gasteiger partial charge >= 0.3 is 0 Å². The minimum absolute atomic E-state index is 0.0623. The van der Waals surface area contributed by atoms with Crippen LogP contribution in [-0.2, 0) is 4.79 Å². The molecule has 37 heavy (non-hydrogen) atoms. The Labute approximate surface area is 218 Å². The Morgan fingerprint density at radius 1 is 1.27 bits per heavy atom. The van der Waals surface area contributed by atoms with Crippen molar-refractivity contribution in [2.24, 2.45) is 11.8 Å². The zero-order valence-corrected chi connectivity index (χ0v) is 21.9. The van der Waals surface area contributed by atoms with Gasteiger partial charge in [0.25, 0.3) is 5.91 Å². The van der Waals surface area contributed by atoms with Crippen LogP contribution in [0.1, 0.15) is 61.9 Å². The van der Waals surface area contributed by atoms with Crippen LogP contribution >= 0.6 is 0 Å². The summed E-state index contributed by atoms with van der Waals surface area (Å²) in [6, 6.07) is 10.6. The Morgan fingerprint density at radius 2 is 2.03 bits per heavy atom. The molecule has 4 rings (SSSR count). The third-order valence-corrected chi connectivity index (χ3v) is 7.63. The molecule has 0 radical (unpaired) electrons. The lowest BCUT2D eigenvalue weighted by Gasteiger charge is -2.38. The first-order chi connectivity index (χ1) is 17.8. The number of hydrogen-bond acceptors (Lipinski definition) is 6. The van der Waals surface area contributed by atoms with E-state index in [1.54, 1.807) is 40.3 Å². The van der Waals surface area contributed by atoms with Crippen LogP contribution in [0.5, 0.6) is 5.88 Å². The molecule has 2 heterocycles. The number of rotatable bonds is 6. The van der Waals surface area contributed by atoms with Crippen molar-refractivity contribution < 1.29 is 19.4 Å². The standard InChI is InChI=1S/C29H36N4O4/c1-19-16-33(20(2)18-34)29(36)25-13-24(23-11-7-8-21(12-23)14-30)15-31-27(25)37-26(19)17-32(3)28(35)22-9-5-4-6-10-22/h7-8,11-13,15,19-20,22,26,34H,4-6,9-10,16-18H2,1-3H3/t19-,20-,26+/m1/s1. The Kier molecular flexibility index (Phi) is 8.45. The predicted octanol–water partition coefficient (Wildman–Crippen LogP) is 3.88. The second-order valence-electron chi connectivity index (χ2n) is 10.4. The molecule has 1 fully saturated rings. The number of pyridine rings is 1. The number of carbonyl (C=O) groups is 2. The molecule has 1 aromatic heterocycles. The van der Waals surface area contributed by atoms with E-state index in [0.717, 1.165) is 31.2 Å². The number of likely N-dealkylation sites (N-methyl/N-ethyl adjacent to an activating group) is 1. The first kappa shape index (κ1) is 26.6. The number of aliphatic hydroxyl groups excluding tert-OH is 1. The molecule has 2 aromatic rings. The highest BCUT2D eigenvalue weighted by atomic mass is 16.5. The summed E-state index contributed by atoms with van der Waals surface area (Å²) in [6.45, 7) is 4.41. The van der Waals surface area contributed by atoms with Crippen LogP contribution in [0.15, 0.2) is 36.5 Å². The van der Waals surface area contributed by atoms with Gasteiger partial charge in [-0.15, -0.1) is 0 Å². The number of amides is 2. The van der Waals surface area contributed by atoms with Crippen molar-refractivity contribution in [3.05, 3.63) is 47.7 Å². The third kappa shape index (κ3) is 5.94. The summed E-state index contributed by atoms with van der Waals surface area (Å²) in [4.78, 5) is 34.8. The molecule has 0 unspecified atom stereocenters. The smallest absolute Gasteiger partial charge is 0.259 e. The highest BCUT2D eigenvalue weighted by molar-refractivity contribution is 5.98. The molecule has 0 saturated heterocycles. The van der Waals surface area contributed by atoms with E-state index in [1.807, 2.05) is 27.0 Å². The lowest BCUT2D eigenvalue weighted by molar-refractivity contribution is -0.136. The Morgan fingerprint density at radius 3 is 2.73 bits per heavy atom. The van der Waals surface area contributed by atoms with Gasteiger partial charge < -0.3 is 19.6 Å². The van der Waals surface area contributed by atoms with Gasteiger partial charge in [0.05, 0.1) is 30.8 Å². The van der Waals surface area contributed by atoms with Gasteiger partial charge in [0, 0.05) is 37.2 Å². The van der Waals surface area contributed by atoms with Gasteiger partial charge in [0.15, 0.2) is 0 Å². The Balaban J connectivity index is 1.66. The number of nitriles is 1. The number of ether oxygens (including phenoxy) is 1. The number of aliphatic hydroxyl groups is 1. The summed E-state index contributed by atoms with van der Waals surface area (Å²) < 4.78 is 6.36. The van der Waals surface area contributed by atoms with Crippen molar-refractivity contribution in [3.8, 4) is 23.1 Å². The summed E-state index contributed by atoms with van der Waals surface area (Å²) in [5, 5.41) is 19.2. The van der Waals surface area contributed by atoms with Crippen molar-refractivity contribution >= 4 is 11.8 Å². The maximum Gasteiger partial charge on any atom is 0.259 e. The number of aromatic nitrogens is 1. The molecule has 0 bridgehead atoms. The monoisotopic (exact) mass is 504 g/mol. The van der Waals surface area contributed by atoms with E-state index >= 15 is 0 Å². The topological polar surface area (TPSA) is 107 Å². The molecule has 2 aliphatic rings. The van der Waals surface area contributed by atoms with Crippen LogP contribution in [0.4, 0.5) is 0 Å². The minimum atomic E-state index is -0.395. The Bertz CT molecular complexity index is 1170. The molecular formula is C29H36N4O4. The lowest BCUT2D eigenvalue weighted by atomic mass is 9.88. The molecule has 8 heteroatoms. The molecule has 1 saturated carbocycles. The van der Waals surface area contributed by atoms with Crippen LogP contribution in [-0.4, -0.2) is 70.6 Å². The average Bonchev–Trinajstić information content (AvgIpc) is 2.94. The highest BCUT2D eigenvalue weighted by Crippen LogP contribution is 2.31. The number of fused-ring (bicyclic) bond motifs is 1. The maximum atomic E-state index is 13.7. The first-order valence-corrected chi connectivity index (χ1v) is 13.2. The second-order valence-corrected chi connectivity index (χ2v) is 10.4. The largest absolute Gasteiger partial charge is 0.472 e. The van der Waals surface area contributed by atoms with E-state index in [1.165, 1.54) is 6.42 Å². The van der Waals surface area contributed by atoms with Crippen molar-refractivity contribution in [3.63, 3.8) is 0 Å². The van der Waals surface area contributed by atoms with E-state index in [9.17, 15) is 20.0 Å². The summed E-state index contributed by atoms with van der Waals surface area (Å²) in [5.74, 6) is 0.0681.